The minimum atomic E-state index is 0.285. The standard InChI is InChI=1S/C10H9NO/c1-7-10(12)9-5-3-2-4-8(9)6-11-7/h2-6,12H,1H3. The van der Waals surface area contributed by atoms with E-state index in [0.717, 1.165) is 10.8 Å². The topological polar surface area (TPSA) is 33.1 Å². The zero-order valence-corrected chi connectivity index (χ0v) is 6.78. The Labute approximate surface area is 70.5 Å². The van der Waals surface area contributed by atoms with Gasteiger partial charge >= 0.3 is 0 Å². The molecule has 1 N–H and O–H groups in total. The number of rotatable bonds is 0. The van der Waals surface area contributed by atoms with Crippen molar-refractivity contribution in [2.75, 3.05) is 0 Å². The molecule has 0 fully saturated rings. The minimum Gasteiger partial charge on any atom is -0.505 e. The summed E-state index contributed by atoms with van der Waals surface area (Å²) in [6.07, 6.45) is 1.77. The molecule has 60 valence electrons. The number of fused-ring (bicyclic) bond motifs is 1. The number of benzene rings is 1. The van der Waals surface area contributed by atoms with Crippen LogP contribution in [0, 0.1) is 6.92 Å². The summed E-state index contributed by atoms with van der Waals surface area (Å²) in [6, 6.07) is 7.65. The average molecular weight is 159 g/mol. The molecule has 0 atom stereocenters. The third kappa shape index (κ3) is 0.925. The Morgan fingerprint density at radius 3 is 2.83 bits per heavy atom. The highest BCUT2D eigenvalue weighted by atomic mass is 16.3. The summed E-state index contributed by atoms with van der Waals surface area (Å²) < 4.78 is 0. The van der Waals surface area contributed by atoms with Crippen LogP contribution in [0.25, 0.3) is 10.8 Å². The van der Waals surface area contributed by atoms with Gasteiger partial charge in [0.2, 0.25) is 0 Å². The van der Waals surface area contributed by atoms with Gasteiger partial charge in [-0.3, -0.25) is 4.98 Å². The van der Waals surface area contributed by atoms with Crippen LogP contribution in [0.5, 0.6) is 5.75 Å². The molecule has 0 spiro atoms. The van der Waals surface area contributed by atoms with Crippen LogP contribution in [0.3, 0.4) is 0 Å². The van der Waals surface area contributed by atoms with Gasteiger partial charge < -0.3 is 5.11 Å². The molecule has 0 aliphatic heterocycles. The summed E-state index contributed by atoms with van der Waals surface area (Å²) in [6.45, 7) is 1.79. The summed E-state index contributed by atoms with van der Waals surface area (Å²) in [4.78, 5) is 4.06. The van der Waals surface area contributed by atoms with Gasteiger partial charge in [0.25, 0.3) is 0 Å². The minimum absolute atomic E-state index is 0.285. The zero-order chi connectivity index (χ0) is 8.55. The summed E-state index contributed by atoms with van der Waals surface area (Å²) in [7, 11) is 0. The number of nitrogens with zero attached hydrogens (tertiary/aromatic N) is 1. The van der Waals surface area contributed by atoms with Gasteiger partial charge in [-0.25, -0.2) is 0 Å². The first kappa shape index (κ1) is 7.10. The molecule has 2 aromatic rings. The second kappa shape index (κ2) is 2.48. The Morgan fingerprint density at radius 2 is 2.00 bits per heavy atom. The van der Waals surface area contributed by atoms with E-state index in [9.17, 15) is 5.11 Å². The molecule has 1 aromatic heterocycles. The monoisotopic (exact) mass is 159 g/mol. The lowest BCUT2D eigenvalue weighted by Gasteiger charge is -2.01. The SMILES string of the molecule is Cc1ncc2ccccc2c1O. The quantitative estimate of drug-likeness (QED) is 0.639. The van der Waals surface area contributed by atoms with Crippen LogP contribution in [-0.4, -0.2) is 10.1 Å². The molecule has 0 saturated carbocycles. The van der Waals surface area contributed by atoms with Crippen LogP contribution in [-0.2, 0) is 0 Å². The number of hydrogen-bond donors (Lipinski definition) is 1. The lowest BCUT2D eigenvalue weighted by Crippen LogP contribution is -1.82. The van der Waals surface area contributed by atoms with E-state index in [0.29, 0.717) is 5.69 Å². The van der Waals surface area contributed by atoms with Crippen molar-refractivity contribution in [2.45, 2.75) is 6.92 Å². The second-order valence-electron chi connectivity index (χ2n) is 2.78. The van der Waals surface area contributed by atoms with E-state index in [1.165, 1.54) is 0 Å². The predicted octanol–water partition coefficient (Wildman–Crippen LogP) is 2.25. The van der Waals surface area contributed by atoms with Crippen LogP contribution in [0.4, 0.5) is 0 Å². The smallest absolute Gasteiger partial charge is 0.144 e. The summed E-state index contributed by atoms with van der Waals surface area (Å²) in [5.74, 6) is 0.285. The molecular weight excluding hydrogens is 150 g/mol. The first-order valence-corrected chi connectivity index (χ1v) is 3.82. The molecule has 0 aliphatic rings. The maximum atomic E-state index is 9.60. The molecule has 1 aromatic carbocycles. The van der Waals surface area contributed by atoms with Crippen molar-refractivity contribution in [1.82, 2.24) is 4.98 Å². The number of hydrogen-bond acceptors (Lipinski definition) is 2. The van der Waals surface area contributed by atoms with Gasteiger partial charge in [0.15, 0.2) is 0 Å². The largest absolute Gasteiger partial charge is 0.505 e. The predicted molar refractivity (Wildman–Crippen MR) is 48.1 cm³/mol. The van der Waals surface area contributed by atoms with Gasteiger partial charge in [0.1, 0.15) is 5.75 Å². The van der Waals surface area contributed by atoms with Crippen LogP contribution in [0.15, 0.2) is 30.5 Å². The number of pyridine rings is 1. The van der Waals surface area contributed by atoms with E-state index < -0.39 is 0 Å². The molecule has 2 nitrogen and oxygen atoms in total. The van der Waals surface area contributed by atoms with E-state index in [1.807, 2.05) is 24.3 Å². The fourth-order valence-corrected chi connectivity index (χ4v) is 1.25. The molecule has 2 rings (SSSR count). The lowest BCUT2D eigenvalue weighted by atomic mass is 10.1. The number of aromatic hydroxyl groups is 1. The Hall–Kier alpha value is -1.57. The fraction of sp³-hybridized carbons (Fsp3) is 0.100. The Morgan fingerprint density at radius 1 is 1.25 bits per heavy atom. The first-order valence-electron chi connectivity index (χ1n) is 3.82. The summed E-state index contributed by atoms with van der Waals surface area (Å²) in [5.41, 5.74) is 0.675. The number of aromatic nitrogens is 1. The first-order chi connectivity index (χ1) is 5.79. The van der Waals surface area contributed by atoms with Crippen molar-refractivity contribution in [3.05, 3.63) is 36.2 Å². The van der Waals surface area contributed by atoms with Crippen LogP contribution >= 0.6 is 0 Å². The molecule has 0 radical (unpaired) electrons. The maximum absolute atomic E-state index is 9.60. The molecule has 12 heavy (non-hydrogen) atoms. The highest BCUT2D eigenvalue weighted by Gasteiger charge is 2.01. The highest BCUT2D eigenvalue weighted by molar-refractivity contribution is 5.87. The van der Waals surface area contributed by atoms with Crippen molar-refractivity contribution < 1.29 is 5.11 Å². The summed E-state index contributed by atoms with van der Waals surface area (Å²) >= 11 is 0. The average Bonchev–Trinajstić information content (AvgIpc) is 2.12. The molecule has 0 bridgehead atoms. The van der Waals surface area contributed by atoms with Gasteiger partial charge in [-0.2, -0.15) is 0 Å². The molecule has 0 unspecified atom stereocenters. The summed E-state index contributed by atoms with van der Waals surface area (Å²) in [5, 5.41) is 11.4. The van der Waals surface area contributed by atoms with Crippen molar-refractivity contribution in [3.8, 4) is 5.75 Å². The van der Waals surface area contributed by atoms with Crippen molar-refractivity contribution in [2.24, 2.45) is 0 Å². The maximum Gasteiger partial charge on any atom is 0.144 e. The number of aryl methyl sites for hydroxylation is 1. The van der Waals surface area contributed by atoms with Gasteiger partial charge in [-0.05, 0) is 6.92 Å². The van der Waals surface area contributed by atoms with E-state index in [-0.39, 0.29) is 5.75 Å². The molecule has 2 heteroatoms. The Bertz CT molecular complexity index is 423. The zero-order valence-electron chi connectivity index (χ0n) is 6.78. The van der Waals surface area contributed by atoms with Crippen molar-refractivity contribution in [3.63, 3.8) is 0 Å². The molecule has 0 amide bonds. The molecular formula is C10H9NO. The van der Waals surface area contributed by atoms with Crippen LogP contribution in [0.1, 0.15) is 5.69 Å². The van der Waals surface area contributed by atoms with E-state index in [2.05, 4.69) is 4.98 Å². The van der Waals surface area contributed by atoms with Gasteiger partial charge in [0.05, 0.1) is 5.69 Å². The van der Waals surface area contributed by atoms with E-state index >= 15 is 0 Å². The molecule has 0 saturated heterocycles. The highest BCUT2D eigenvalue weighted by Crippen LogP contribution is 2.25. The third-order valence-corrected chi connectivity index (χ3v) is 1.96. The van der Waals surface area contributed by atoms with Gasteiger partial charge in [-0.15, -0.1) is 0 Å². The van der Waals surface area contributed by atoms with Gasteiger partial charge in [-0.1, -0.05) is 24.3 Å². The fourth-order valence-electron chi connectivity index (χ4n) is 1.25. The molecule has 0 aliphatic carbocycles. The van der Waals surface area contributed by atoms with Crippen LogP contribution in [0.2, 0.25) is 0 Å². The normalized spacial score (nSPS) is 10.4. The van der Waals surface area contributed by atoms with E-state index in [1.54, 1.807) is 13.1 Å². The second-order valence-corrected chi connectivity index (χ2v) is 2.78. The van der Waals surface area contributed by atoms with Crippen molar-refractivity contribution in [1.29, 1.82) is 0 Å². The Balaban J connectivity index is 2.91. The van der Waals surface area contributed by atoms with E-state index in [4.69, 9.17) is 0 Å². The molecule has 1 heterocycles. The lowest BCUT2D eigenvalue weighted by molar-refractivity contribution is 0.474. The third-order valence-electron chi connectivity index (χ3n) is 1.96. The van der Waals surface area contributed by atoms with Crippen LogP contribution < -0.4 is 0 Å². The van der Waals surface area contributed by atoms with Gasteiger partial charge in [0, 0.05) is 17.0 Å². The van der Waals surface area contributed by atoms with Crippen molar-refractivity contribution >= 4 is 10.8 Å². The Kier molecular flexibility index (Phi) is 1.47.